The lowest BCUT2D eigenvalue weighted by Crippen LogP contribution is -2.54. The van der Waals surface area contributed by atoms with Gasteiger partial charge in [0.2, 0.25) is 0 Å². The van der Waals surface area contributed by atoms with Gasteiger partial charge in [-0.25, -0.2) is 9.38 Å². The van der Waals surface area contributed by atoms with E-state index in [2.05, 4.69) is 10.1 Å². The first-order valence-electron chi connectivity index (χ1n) is 8.75. The molecule has 1 amide bonds. The Kier molecular flexibility index (Phi) is 3.84. The van der Waals surface area contributed by atoms with Crippen molar-refractivity contribution >= 4 is 29.0 Å². The molecule has 6 nitrogen and oxygen atoms in total. The quantitative estimate of drug-likeness (QED) is 0.701. The second-order valence-electron chi connectivity index (χ2n) is 6.64. The lowest BCUT2D eigenvalue weighted by atomic mass is 9.84. The monoisotopic (exact) mass is 417 g/mol. The molecule has 3 heterocycles. The molecule has 0 aromatic heterocycles. The number of hydrogen-bond donors (Lipinski definition) is 0. The van der Waals surface area contributed by atoms with Gasteiger partial charge in [-0.3, -0.25) is 4.79 Å². The van der Waals surface area contributed by atoms with Crippen LogP contribution in [0.1, 0.15) is 5.56 Å². The number of allylic oxidation sites excluding steroid dienone is 1. The molecule has 30 heavy (non-hydrogen) atoms. The smallest absolute Gasteiger partial charge is 0.342 e. The zero-order chi connectivity index (χ0) is 21.1. The van der Waals surface area contributed by atoms with Crippen LogP contribution in [0.15, 0.2) is 70.3 Å². The minimum absolute atomic E-state index is 0.0916. The SMILES string of the molecule is O=C1C2=C(c3ccccc3)C(F)(F)C(F)=NC23OCOC3=NN1c1ccc(F)cc1. The predicted octanol–water partition coefficient (Wildman–Crippen LogP) is 3.66. The number of amides is 1. The molecule has 152 valence electrons. The van der Waals surface area contributed by atoms with Crippen molar-refractivity contribution in [3.05, 3.63) is 71.6 Å². The molecule has 10 heteroatoms. The van der Waals surface area contributed by atoms with E-state index in [0.717, 1.165) is 17.1 Å². The lowest BCUT2D eigenvalue weighted by Gasteiger charge is -2.38. The minimum Gasteiger partial charge on any atom is -0.449 e. The third kappa shape index (κ3) is 2.43. The van der Waals surface area contributed by atoms with Crippen molar-refractivity contribution in [2.24, 2.45) is 10.1 Å². The number of anilines is 1. The molecule has 0 N–H and O–H groups in total. The van der Waals surface area contributed by atoms with Gasteiger partial charge in [-0.1, -0.05) is 30.3 Å². The molecule has 1 unspecified atom stereocenters. The van der Waals surface area contributed by atoms with Crippen LogP contribution in [0.25, 0.3) is 5.57 Å². The van der Waals surface area contributed by atoms with Gasteiger partial charge in [-0.05, 0) is 29.8 Å². The van der Waals surface area contributed by atoms with E-state index in [1.54, 1.807) is 6.07 Å². The Morgan fingerprint density at radius 2 is 1.67 bits per heavy atom. The Hall–Kier alpha value is -3.53. The summed E-state index contributed by atoms with van der Waals surface area (Å²) >= 11 is 0. The van der Waals surface area contributed by atoms with Crippen LogP contribution < -0.4 is 5.01 Å². The highest BCUT2D eigenvalue weighted by Gasteiger charge is 2.64. The third-order valence-electron chi connectivity index (χ3n) is 4.90. The number of carbonyl (C=O) groups is 1. The fourth-order valence-corrected chi connectivity index (χ4v) is 3.56. The van der Waals surface area contributed by atoms with E-state index < -0.39 is 47.3 Å². The summed E-state index contributed by atoms with van der Waals surface area (Å²) in [4.78, 5) is 16.7. The number of hydrazone groups is 1. The number of rotatable bonds is 2. The Morgan fingerprint density at radius 1 is 0.967 bits per heavy atom. The Balaban J connectivity index is 1.81. The molecule has 1 atom stereocenters. The van der Waals surface area contributed by atoms with Crippen LogP contribution in [0, 0.1) is 5.82 Å². The highest BCUT2D eigenvalue weighted by atomic mass is 19.3. The van der Waals surface area contributed by atoms with Crippen LogP contribution >= 0.6 is 0 Å². The Morgan fingerprint density at radius 3 is 2.37 bits per heavy atom. The van der Waals surface area contributed by atoms with Gasteiger partial charge in [0.25, 0.3) is 23.5 Å². The van der Waals surface area contributed by atoms with Gasteiger partial charge in [0.15, 0.2) is 6.79 Å². The van der Waals surface area contributed by atoms with Gasteiger partial charge >= 0.3 is 5.92 Å². The molecule has 0 radical (unpaired) electrons. The maximum absolute atomic E-state index is 15.0. The average Bonchev–Trinajstić information content (AvgIpc) is 3.13. The highest BCUT2D eigenvalue weighted by Crippen LogP contribution is 2.50. The summed E-state index contributed by atoms with van der Waals surface area (Å²) in [5.74, 6) is -8.18. The minimum atomic E-state index is -4.19. The zero-order valence-corrected chi connectivity index (χ0v) is 15.0. The maximum Gasteiger partial charge on any atom is 0.342 e. The van der Waals surface area contributed by atoms with Crippen LogP contribution in [0.4, 0.5) is 23.2 Å². The number of carbonyl (C=O) groups excluding carboxylic acids is 1. The fraction of sp³-hybridized carbons (Fsp3) is 0.150. The topological polar surface area (TPSA) is 63.5 Å². The molecule has 0 saturated carbocycles. The number of nitrogens with zero attached hydrogens (tertiary/aromatic N) is 3. The van der Waals surface area contributed by atoms with E-state index in [-0.39, 0.29) is 17.1 Å². The first-order chi connectivity index (χ1) is 14.3. The highest BCUT2D eigenvalue weighted by molar-refractivity contribution is 6.23. The molecule has 3 aliphatic heterocycles. The standard InChI is InChI=1S/C20H11F4N3O3/c21-12-6-8-13(9-7-12)27-16(28)15-14(11-4-2-1-3-5-11)19(23,24)17(22)25-20(15)18(26-27)29-10-30-20/h1-9H,10H2. The van der Waals surface area contributed by atoms with Crippen molar-refractivity contribution in [3.63, 3.8) is 0 Å². The molecular formula is C20H11F4N3O3. The van der Waals surface area contributed by atoms with Crippen LogP contribution in [-0.4, -0.2) is 36.2 Å². The summed E-state index contributed by atoms with van der Waals surface area (Å²) in [5.41, 5.74) is -3.77. The summed E-state index contributed by atoms with van der Waals surface area (Å²) in [5, 5.41) is 4.76. The van der Waals surface area contributed by atoms with Crippen molar-refractivity contribution in [3.8, 4) is 0 Å². The number of hydrogen-bond acceptors (Lipinski definition) is 5. The third-order valence-corrected chi connectivity index (χ3v) is 4.90. The molecule has 1 spiro atoms. The van der Waals surface area contributed by atoms with E-state index in [1.165, 1.54) is 36.4 Å². The number of halogens is 4. The van der Waals surface area contributed by atoms with E-state index in [9.17, 15) is 13.6 Å². The van der Waals surface area contributed by atoms with E-state index >= 15 is 8.78 Å². The number of benzene rings is 2. The lowest BCUT2D eigenvalue weighted by molar-refractivity contribution is -0.117. The molecule has 0 aliphatic carbocycles. The van der Waals surface area contributed by atoms with Gasteiger partial charge in [0.05, 0.1) is 16.8 Å². The van der Waals surface area contributed by atoms with E-state index in [1.807, 2.05) is 0 Å². The van der Waals surface area contributed by atoms with E-state index in [0.29, 0.717) is 0 Å². The van der Waals surface area contributed by atoms with Crippen LogP contribution in [0.3, 0.4) is 0 Å². The van der Waals surface area contributed by atoms with Gasteiger partial charge in [0, 0.05) is 0 Å². The molecule has 1 saturated heterocycles. The van der Waals surface area contributed by atoms with Crippen molar-refractivity contribution in [1.82, 2.24) is 0 Å². The molecule has 5 rings (SSSR count). The van der Waals surface area contributed by atoms with Crippen LogP contribution in [0.2, 0.25) is 0 Å². The zero-order valence-electron chi connectivity index (χ0n) is 15.0. The number of aliphatic imine (C=N–C) groups is 1. The van der Waals surface area contributed by atoms with Gasteiger partial charge in [-0.15, -0.1) is 5.10 Å². The fourth-order valence-electron chi connectivity index (χ4n) is 3.56. The molecule has 3 aliphatic rings. The van der Waals surface area contributed by atoms with Crippen molar-refractivity contribution in [2.75, 3.05) is 11.8 Å². The number of dihydropyridines is 1. The number of ether oxygens (including phenoxy) is 2. The normalized spacial score (nSPS) is 24.7. The summed E-state index contributed by atoms with van der Waals surface area (Å²) in [6, 6.07) is 11.8. The van der Waals surface area contributed by atoms with Gasteiger partial charge in [-0.2, -0.15) is 18.2 Å². The second kappa shape index (κ2) is 6.23. The number of alkyl halides is 2. The van der Waals surface area contributed by atoms with Gasteiger partial charge < -0.3 is 9.47 Å². The van der Waals surface area contributed by atoms with Crippen LogP contribution in [0.5, 0.6) is 0 Å². The molecule has 1 fully saturated rings. The first-order valence-corrected chi connectivity index (χ1v) is 8.75. The van der Waals surface area contributed by atoms with E-state index in [4.69, 9.17) is 9.47 Å². The molecular weight excluding hydrogens is 406 g/mol. The van der Waals surface area contributed by atoms with Crippen molar-refractivity contribution in [1.29, 1.82) is 0 Å². The second-order valence-corrected chi connectivity index (χ2v) is 6.64. The summed E-state index contributed by atoms with van der Waals surface area (Å²) in [7, 11) is 0. The Labute approximate surface area is 166 Å². The summed E-state index contributed by atoms with van der Waals surface area (Å²) < 4.78 is 68.4. The van der Waals surface area contributed by atoms with Crippen molar-refractivity contribution in [2.45, 2.75) is 11.6 Å². The maximum atomic E-state index is 15.0. The average molecular weight is 417 g/mol. The van der Waals surface area contributed by atoms with Gasteiger partial charge in [0.1, 0.15) is 5.82 Å². The van der Waals surface area contributed by atoms with Crippen molar-refractivity contribution < 1.29 is 31.8 Å². The Bertz CT molecular complexity index is 1150. The molecule has 2 aromatic carbocycles. The first kappa shape index (κ1) is 18.5. The predicted molar refractivity (Wildman–Crippen MR) is 97.9 cm³/mol. The molecule has 0 bridgehead atoms. The largest absolute Gasteiger partial charge is 0.449 e. The summed E-state index contributed by atoms with van der Waals surface area (Å²) in [6.07, 6.45) is 0. The van der Waals surface area contributed by atoms with Crippen LogP contribution in [-0.2, 0) is 14.3 Å². The molecule has 2 aromatic rings. The summed E-state index contributed by atoms with van der Waals surface area (Å²) in [6.45, 7) is -0.475.